The van der Waals surface area contributed by atoms with Crippen molar-refractivity contribution < 1.29 is 9.13 Å². The van der Waals surface area contributed by atoms with Crippen LogP contribution in [0.4, 0.5) is 10.1 Å². The first-order valence-corrected chi connectivity index (χ1v) is 6.86. The fraction of sp³-hybridized carbons (Fsp3) is 0.294. The van der Waals surface area contributed by atoms with Gasteiger partial charge < -0.3 is 10.1 Å². The molecule has 106 valence electrons. The van der Waals surface area contributed by atoms with Gasteiger partial charge in [0.1, 0.15) is 11.6 Å². The van der Waals surface area contributed by atoms with Crippen LogP contribution in [0.1, 0.15) is 31.0 Å². The van der Waals surface area contributed by atoms with Gasteiger partial charge in [0.2, 0.25) is 0 Å². The Bertz CT molecular complexity index is 583. The zero-order valence-electron chi connectivity index (χ0n) is 12.1. The third kappa shape index (κ3) is 3.29. The fourth-order valence-electron chi connectivity index (χ4n) is 2.17. The topological polar surface area (TPSA) is 21.3 Å². The lowest BCUT2D eigenvalue weighted by Gasteiger charge is -2.19. The maximum atomic E-state index is 13.9. The van der Waals surface area contributed by atoms with Crippen molar-refractivity contribution in [3.05, 3.63) is 59.4 Å². The van der Waals surface area contributed by atoms with Crippen molar-refractivity contribution in [2.45, 2.75) is 26.8 Å². The minimum absolute atomic E-state index is 0.0324. The van der Waals surface area contributed by atoms with Crippen molar-refractivity contribution in [1.82, 2.24) is 0 Å². The number of anilines is 1. The number of benzene rings is 2. The first-order chi connectivity index (χ1) is 9.61. The molecular weight excluding hydrogens is 253 g/mol. The molecule has 2 aromatic rings. The van der Waals surface area contributed by atoms with Crippen LogP contribution in [0.3, 0.4) is 0 Å². The van der Waals surface area contributed by atoms with E-state index >= 15 is 0 Å². The van der Waals surface area contributed by atoms with Crippen LogP contribution < -0.4 is 10.1 Å². The molecule has 0 saturated carbocycles. The highest BCUT2D eigenvalue weighted by Crippen LogP contribution is 2.28. The van der Waals surface area contributed by atoms with Gasteiger partial charge in [-0.15, -0.1) is 0 Å². The lowest BCUT2D eigenvalue weighted by atomic mass is 10.1. The number of rotatable bonds is 5. The van der Waals surface area contributed by atoms with Gasteiger partial charge in [0, 0.05) is 5.56 Å². The summed E-state index contributed by atoms with van der Waals surface area (Å²) in [6, 6.07) is 13.0. The van der Waals surface area contributed by atoms with Crippen molar-refractivity contribution in [2.75, 3.05) is 11.9 Å². The van der Waals surface area contributed by atoms with Gasteiger partial charge in [-0.3, -0.25) is 0 Å². The van der Waals surface area contributed by atoms with Crippen LogP contribution in [0.2, 0.25) is 0 Å². The number of para-hydroxylation sites is 1. The van der Waals surface area contributed by atoms with E-state index in [-0.39, 0.29) is 11.9 Å². The van der Waals surface area contributed by atoms with Gasteiger partial charge in [0.05, 0.1) is 18.3 Å². The molecule has 0 saturated heterocycles. The van der Waals surface area contributed by atoms with E-state index in [1.54, 1.807) is 6.07 Å². The molecule has 0 aliphatic rings. The summed E-state index contributed by atoms with van der Waals surface area (Å²) in [6.07, 6.45) is 0. The summed E-state index contributed by atoms with van der Waals surface area (Å²) in [7, 11) is 0. The van der Waals surface area contributed by atoms with Crippen molar-refractivity contribution in [2.24, 2.45) is 0 Å². The predicted octanol–water partition coefficient (Wildman–Crippen LogP) is 4.71. The van der Waals surface area contributed by atoms with Gasteiger partial charge in [-0.1, -0.05) is 24.3 Å². The second-order valence-corrected chi connectivity index (χ2v) is 4.82. The molecule has 0 heterocycles. The normalized spacial score (nSPS) is 12.0. The molecular formula is C17H20FNO. The summed E-state index contributed by atoms with van der Waals surface area (Å²) < 4.78 is 19.5. The molecule has 1 N–H and O–H groups in total. The van der Waals surface area contributed by atoms with E-state index < -0.39 is 0 Å². The summed E-state index contributed by atoms with van der Waals surface area (Å²) in [6.45, 7) is 6.44. The molecule has 0 bridgehead atoms. The van der Waals surface area contributed by atoms with E-state index in [0.29, 0.717) is 12.3 Å². The molecule has 0 spiro atoms. The van der Waals surface area contributed by atoms with Gasteiger partial charge >= 0.3 is 0 Å². The highest BCUT2D eigenvalue weighted by atomic mass is 19.1. The third-order valence-corrected chi connectivity index (χ3v) is 3.18. The molecule has 20 heavy (non-hydrogen) atoms. The lowest BCUT2D eigenvalue weighted by molar-refractivity contribution is 0.335. The summed E-state index contributed by atoms with van der Waals surface area (Å²) in [5, 5.41) is 3.20. The van der Waals surface area contributed by atoms with Crippen molar-refractivity contribution in [3.8, 4) is 5.75 Å². The Balaban J connectivity index is 2.21. The monoisotopic (exact) mass is 273 g/mol. The molecule has 0 fully saturated rings. The van der Waals surface area contributed by atoms with E-state index in [9.17, 15) is 4.39 Å². The van der Waals surface area contributed by atoms with Crippen LogP contribution in [0.15, 0.2) is 42.5 Å². The van der Waals surface area contributed by atoms with E-state index in [0.717, 1.165) is 16.9 Å². The van der Waals surface area contributed by atoms with Gasteiger partial charge in [0.15, 0.2) is 0 Å². The molecule has 2 nitrogen and oxygen atoms in total. The number of hydrogen-bond acceptors (Lipinski definition) is 2. The Hall–Kier alpha value is -2.03. The minimum Gasteiger partial charge on any atom is -0.494 e. The smallest absolute Gasteiger partial charge is 0.146 e. The number of aryl methyl sites for hydroxylation is 1. The molecule has 0 aliphatic carbocycles. The molecule has 0 aromatic heterocycles. The van der Waals surface area contributed by atoms with E-state index in [1.807, 2.05) is 51.1 Å². The average Bonchev–Trinajstić information content (AvgIpc) is 2.43. The van der Waals surface area contributed by atoms with Crippen molar-refractivity contribution >= 4 is 5.69 Å². The van der Waals surface area contributed by atoms with Crippen LogP contribution in [0, 0.1) is 12.7 Å². The van der Waals surface area contributed by atoms with Crippen LogP contribution >= 0.6 is 0 Å². The maximum Gasteiger partial charge on any atom is 0.146 e. The number of ether oxygens (including phenoxy) is 1. The first-order valence-electron chi connectivity index (χ1n) is 6.86. The molecule has 0 radical (unpaired) electrons. The molecule has 2 aromatic carbocycles. The maximum absolute atomic E-state index is 13.9. The Kier molecular flexibility index (Phi) is 4.61. The number of nitrogens with one attached hydrogen (secondary N) is 1. The summed E-state index contributed by atoms with van der Waals surface area (Å²) in [5.41, 5.74) is 2.44. The van der Waals surface area contributed by atoms with Crippen LogP contribution in [-0.4, -0.2) is 6.61 Å². The minimum atomic E-state index is -0.231. The Morgan fingerprint density at radius 3 is 2.65 bits per heavy atom. The molecule has 1 atom stereocenters. The van der Waals surface area contributed by atoms with E-state index in [4.69, 9.17) is 4.74 Å². The first kappa shape index (κ1) is 14.4. The largest absolute Gasteiger partial charge is 0.494 e. The van der Waals surface area contributed by atoms with Gasteiger partial charge in [-0.2, -0.15) is 0 Å². The number of halogens is 1. The second kappa shape index (κ2) is 6.42. The molecule has 2 rings (SSSR count). The molecule has 1 unspecified atom stereocenters. The van der Waals surface area contributed by atoms with E-state index in [1.165, 1.54) is 6.07 Å². The van der Waals surface area contributed by atoms with Crippen molar-refractivity contribution in [1.29, 1.82) is 0 Å². The zero-order valence-corrected chi connectivity index (χ0v) is 12.1. The Morgan fingerprint density at radius 2 is 1.95 bits per heavy atom. The third-order valence-electron chi connectivity index (χ3n) is 3.18. The molecule has 0 aliphatic heterocycles. The molecule has 0 amide bonds. The van der Waals surface area contributed by atoms with Crippen LogP contribution in [0.5, 0.6) is 5.75 Å². The van der Waals surface area contributed by atoms with E-state index in [2.05, 4.69) is 5.32 Å². The zero-order chi connectivity index (χ0) is 14.5. The van der Waals surface area contributed by atoms with Gasteiger partial charge in [0.25, 0.3) is 0 Å². The van der Waals surface area contributed by atoms with Crippen LogP contribution in [0.25, 0.3) is 0 Å². The Labute approximate surface area is 119 Å². The highest BCUT2D eigenvalue weighted by Gasteiger charge is 2.12. The Morgan fingerprint density at radius 1 is 1.20 bits per heavy atom. The second-order valence-electron chi connectivity index (χ2n) is 4.82. The number of hydrogen-bond donors (Lipinski definition) is 1. The van der Waals surface area contributed by atoms with Crippen molar-refractivity contribution in [3.63, 3.8) is 0 Å². The average molecular weight is 273 g/mol. The van der Waals surface area contributed by atoms with Gasteiger partial charge in [-0.05, 0) is 44.5 Å². The molecule has 3 heteroatoms. The highest BCUT2D eigenvalue weighted by molar-refractivity contribution is 5.49. The lowest BCUT2D eigenvalue weighted by Crippen LogP contribution is -2.10. The predicted molar refractivity (Wildman–Crippen MR) is 80.8 cm³/mol. The summed E-state index contributed by atoms with van der Waals surface area (Å²) in [5.74, 6) is 0.605. The fourth-order valence-corrected chi connectivity index (χ4v) is 2.17. The summed E-state index contributed by atoms with van der Waals surface area (Å²) in [4.78, 5) is 0. The SMILES string of the molecule is CCOc1ccccc1C(C)Nc1ccc(C)cc1F. The standard InChI is InChI=1S/C17H20FNO/c1-4-20-17-8-6-5-7-14(17)13(3)19-16-10-9-12(2)11-15(16)18/h5-11,13,19H,4H2,1-3H3. The quantitative estimate of drug-likeness (QED) is 0.852. The van der Waals surface area contributed by atoms with Crippen LogP contribution in [-0.2, 0) is 0 Å². The van der Waals surface area contributed by atoms with Gasteiger partial charge in [-0.25, -0.2) is 4.39 Å². The summed E-state index contributed by atoms with van der Waals surface area (Å²) >= 11 is 0.